The zero-order chi connectivity index (χ0) is 19.6. The largest absolute Gasteiger partial charge is 0.405 e. The molecule has 6 nitrogen and oxygen atoms in total. The topological polar surface area (TPSA) is 71.8 Å². The predicted octanol–water partition coefficient (Wildman–Crippen LogP) is 4.24. The Bertz CT molecular complexity index is 965. The van der Waals surface area contributed by atoms with Crippen LogP contribution < -0.4 is 10.6 Å². The van der Waals surface area contributed by atoms with Gasteiger partial charge in [-0.05, 0) is 32.0 Å². The average molecular weight is 377 g/mol. The molecular formula is C18H18F3N5O. The number of benzene rings is 1. The molecule has 142 valence electrons. The SMILES string of the molecule is CC(C)n1ncc2cc(C(=O)Nc3ccccc3NCC(F)(F)F)cnc21. The van der Waals surface area contributed by atoms with Crippen LogP contribution in [0.5, 0.6) is 0 Å². The Labute approximate surface area is 153 Å². The molecule has 27 heavy (non-hydrogen) atoms. The number of hydrogen-bond acceptors (Lipinski definition) is 4. The fraction of sp³-hybridized carbons (Fsp3) is 0.278. The highest BCUT2D eigenvalue weighted by Crippen LogP contribution is 2.24. The van der Waals surface area contributed by atoms with E-state index in [1.54, 1.807) is 29.1 Å². The van der Waals surface area contributed by atoms with Crippen LogP contribution in [0.15, 0.2) is 42.7 Å². The molecular weight excluding hydrogens is 359 g/mol. The molecule has 0 aliphatic rings. The van der Waals surface area contributed by atoms with E-state index >= 15 is 0 Å². The Morgan fingerprint density at radius 1 is 1.19 bits per heavy atom. The van der Waals surface area contributed by atoms with Crippen molar-refractivity contribution < 1.29 is 18.0 Å². The van der Waals surface area contributed by atoms with Crippen LogP contribution in [-0.4, -0.2) is 33.4 Å². The Kier molecular flexibility index (Phi) is 5.02. The van der Waals surface area contributed by atoms with E-state index in [1.807, 2.05) is 13.8 Å². The number of alkyl halides is 3. The summed E-state index contributed by atoms with van der Waals surface area (Å²) in [4.78, 5) is 16.8. The molecule has 0 aliphatic heterocycles. The fourth-order valence-electron chi connectivity index (χ4n) is 2.58. The van der Waals surface area contributed by atoms with Crippen molar-refractivity contribution in [3.8, 4) is 0 Å². The average Bonchev–Trinajstić information content (AvgIpc) is 3.03. The van der Waals surface area contributed by atoms with Gasteiger partial charge in [-0.15, -0.1) is 0 Å². The third-order valence-corrected chi connectivity index (χ3v) is 3.84. The van der Waals surface area contributed by atoms with E-state index in [0.29, 0.717) is 11.0 Å². The number of nitrogens with zero attached hydrogens (tertiary/aromatic N) is 3. The molecule has 0 fully saturated rings. The number of aromatic nitrogens is 3. The molecule has 0 bridgehead atoms. The summed E-state index contributed by atoms with van der Waals surface area (Å²) in [5.74, 6) is -0.469. The maximum Gasteiger partial charge on any atom is 0.405 e. The molecule has 0 atom stereocenters. The lowest BCUT2D eigenvalue weighted by molar-refractivity contribution is -0.115. The van der Waals surface area contributed by atoms with Gasteiger partial charge < -0.3 is 10.6 Å². The summed E-state index contributed by atoms with van der Waals surface area (Å²) < 4.78 is 39.1. The second kappa shape index (κ2) is 7.26. The van der Waals surface area contributed by atoms with E-state index in [4.69, 9.17) is 0 Å². The molecule has 0 saturated carbocycles. The smallest absolute Gasteiger partial charge is 0.375 e. The second-order valence-electron chi connectivity index (χ2n) is 6.29. The van der Waals surface area contributed by atoms with Gasteiger partial charge in [-0.25, -0.2) is 9.67 Å². The van der Waals surface area contributed by atoms with Crippen LogP contribution in [0.25, 0.3) is 11.0 Å². The minimum absolute atomic E-state index is 0.126. The Morgan fingerprint density at radius 2 is 1.89 bits per heavy atom. The molecule has 2 N–H and O–H groups in total. The summed E-state index contributed by atoms with van der Waals surface area (Å²) in [5, 5.41) is 9.86. The first-order valence-corrected chi connectivity index (χ1v) is 8.29. The molecule has 9 heteroatoms. The summed E-state index contributed by atoms with van der Waals surface area (Å²) in [7, 11) is 0. The summed E-state index contributed by atoms with van der Waals surface area (Å²) in [6, 6.07) is 7.98. The fourth-order valence-corrected chi connectivity index (χ4v) is 2.58. The van der Waals surface area contributed by atoms with Gasteiger partial charge in [-0.1, -0.05) is 12.1 Å². The second-order valence-corrected chi connectivity index (χ2v) is 6.29. The first kappa shape index (κ1) is 18.7. The molecule has 0 unspecified atom stereocenters. The van der Waals surface area contributed by atoms with Crippen molar-refractivity contribution in [3.05, 3.63) is 48.3 Å². The van der Waals surface area contributed by atoms with Crippen molar-refractivity contribution in [1.82, 2.24) is 14.8 Å². The van der Waals surface area contributed by atoms with Gasteiger partial charge in [0.05, 0.1) is 23.1 Å². The van der Waals surface area contributed by atoms with Gasteiger partial charge in [0.1, 0.15) is 6.54 Å². The summed E-state index contributed by atoms with van der Waals surface area (Å²) in [5.41, 5.74) is 1.39. The molecule has 0 radical (unpaired) electrons. The Balaban J connectivity index is 1.80. The highest BCUT2D eigenvalue weighted by Gasteiger charge is 2.27. The molecule has 3 rings (SSSR count). The minimum atomic E-state index is -4.36. The van der Waals surface area contributed by atoms with Crippen LogP contribution in [0.3, 0.4) is 0 Å². The van der Waals surface area contributed by atoms with Gasteiger partial charge in [-0.3, -0.25) is 4.79 Å². The van der Waals surface area contributed by atoms with E-state index in [2.05, 4.69) is 20.7 Å². The predicted molar refractivity (Wildman–Crippen MR) is 96.9 cm³/mol. The van der Waals surface area contributed by atoms with Crippen molar-refractivity contribution in [2.45, 2.75) is 26.1 Å². The number of para-hydroxylation sites is 2. The third-order valence-electron chi connectivity index (χ3n) is 3.84. The molecule has 3 aromatic rings. The number of fused-ring (bicyclic) bond motifs is 1. The van der Waals surface area contributed by atoms with Crippen molar-refractivity contribution in [3.63, 3.8) is 0 Å². The lowest BCUT2D eigenvalue weighted by Gasteiger charge is -2.14. The standard InChI is InChI=1S/C18H18F3N5O/c1-11(2)26-16-12(9-24-26)7-13(8-22-16)17(27)25-15-6-4-3-5-14(15)23-10-18(19,20)21/h3-9,11,23H,10H2,1-2H3,(H,25,27). The monoisotopic (exact) mass is 377 g/mol. The van der Waals surface area contributed by atoms with E-state index < -0.39 is 18.6 Å². The van der Waals surface area contributed by atoms with Crippen molar-refractivity contribution in [2.75, 3.05) is 17.2 Å². The van der Waals surface area contributed by atoms with E-state index in [1.165, 1.54) is 18.3 Å². The van der Waals surface area contributed by atoms with Gasteiger partial charge in [0.15, 0.2) is 5.65 Å². The Hall–Kier alpha value is -3.10. The molecule has 1 aromatic carbocycles. The molecule has 0 spiro atoms. The number of halogens is 3. The van der Waals surface area contributed by atoms with Crippen LogP contribution in [0.4, 0.5) is 24.5 Å². The number of pyridine rings is 1. The van der Waals surface area contributed by atoms with Gasteiger partial charge in [0, 0.05) is 17.6 Å². The maximum absolute atomic E-state index is 12.5. The van der Waals surface area contributed by atoms with Gasteiger partial charge in [0.25, 0.3) is 5.91 Å². The van der Waals surface area contributed by atoms with Crippen molar-refractivity contribution in [2.24, 2.45) is 0 Å². The number of nitrogens with one attached hydrogen (secondary N) is 2. The highest BCUT2D eigenvalue weighted by atomic mass is 19.4. The number of rotatable bonds is 5. The maximum atomic E-state index is 12.5. The zero-order valence-electron chi connectivity index (χ0n) is 14.7. The molecule has 0 aliphatic carbocycles. The molecule has 2 heterocycles. The molecule has 2 aromatic heterocycles. The number of hydrogen-bond donors (Lipinski definition) is 2. The number of amides is 1. The molecule has 1 amide bonds. The minimum Gasteiger partial charge on any atom is -0.375 e. The van der Waals surface area contributed by atoms with Crippen LogP contribution in [0, 0.1) is 0 Å². The van der Waals surface area contributed by atoms with Crippen LogP contribution in [0.2, 0.25) is 0 Å². The van der Waals surface area contributed by atoms with E-state index in [0.717, 1.165) is 0 Å². The van der Waals surface area contributed by atoms with Gasteiger partial charge >= 0.3 is 6.18 Å². The summed E-state index contributed by atoms with van der Waals surface area (Å²) >= 11 is 0. The summed E-state index contributed by atoms with van der Waals surface area (Å²) in [6.45, 7) is 2.75. The van der Waals surface area contributed by atoms with Gasteiger partial charge in [-0.2, -0.15) is 18.3 Å². The van der Waals surface area contributed by atoms with E-state index in [-0.39, 0.29) is 23.0 Å². The lowest BCUT2D eigenvalue weighted by Crippen LogP contribution is -2.22. The quantitative estimate of drug-likeness (QED) is 0.698. The third kappa shape index (κ3) is 4.36. The first-order chi connectivity index (χ1) is 12.7. The van der Waals surface area contributed by atoms with Crippen molar-refractivity contribution in [1.29, 1.82) is 0 Å². The van der Waals surface area contributed by atoms with Crippen LogP contribution in [-0.2, 0) is 0 Å². The first-order valence-electron chi connectivity index (χ1n) is 8.29. The highest BCUT2D eigenvalue weighted by molar-refractivity contribution is 6.07. The van der Waals surface area contributed by atoms with Gasteiger partial charge in [0.2, 0.25) is 0 Å². The summed E-state index contributed by atoms with van der Waals surface area (Å²) in [6.07, 6.45) is -1.31. The van der Waals surface area contributed by atoms with Crippen LogP contribution in [0.1, 0.15) is 30.2 Å². The van der Waals surface area contributed by atoms with Crippen molar-refractivity contribution >= 4 is 28.3 Å². The Morgan fingerprint density at radius 3 is 2.56 bits per heavy atom. The molecule has 0 saturated heterocycles. The number of carbonyl (C=O) groups excluding carboxylic acids is 1. The van der Waals surface area contributed by atoms with Crippen LogP contribution >= 0.6 is 0 Å². The van der Waals surface area contributed by atoms with E-state index in [9.17, 15) is 18.0 Å². The number of anilines is 2. The zero-order valence-corrected chi connectivity index (χ0v) is 14.7. The number of carbonyl (C=O) groups is 1. The lowest BCUT2D eigenvalue weighted by atomic mass is 10.2. The normalized spacial score (nSPS) is 11.8.